The summed E-state index contributed by atoms with van der Waals surface area (Å²) in [7, 11) is 0. The van der Waals surface area contributed by atoms with Gasteiger partial charge in [-0.25, -0.2) is 0 Å². The van der Waals surface area contributed by atoms with Gasteiger partial charge in [0.1, 0.15) is 0 Å². The summed E-state index contributed by atoms with van der Waals surface area (Å²) in [5.41, 5.74) is 12.3. The highest BCUT2D eigenvalue weighted by atomic mass is 35.5. The zero-order chi connectivity index (χ0) is 32.2. The minimum atomic E-state index is -0.330. The molecular formula is C32H26ClN7O2S3. The second kappa shape index (κ2) is 11.9. The van der Waals surface area contributed by atoms with Crippen LogP contribution in [-0.2, 0) is 0 Å². The van der Waals surface area contributed by atoms with Gasteiger partial charge in [0.05, 0.1) is 22.5 Å². The maximum absolute atomic E-state index is 13.8. The van der Waals surface area contributed by atoms with Gasteiger partial charge in [-0.15, -0.1) is 37.9 Å². The molecule has 0 saturated heterocycles. The summed E-state index contributed by atoms with van der Waals surface area (Å²) in [5.74, 6) is -0.198. The molecule has 0 radical (unpaired) electrons. The van der Waals surface area contributed by atoms with Gasteiger partial charge in [0.2, 0.25) is 17.2 Å². The first-order valence-electron chi connectivity index (χ1n) is 13.6. The van der Waals surface area contributed by atoms with Gasteiger partial charge in [0.25, 0.3) is 0 Å². The Labute approximate surface area is 280 Å². The lowest BCUT2D eigenvalue weighted by atomic mass is 9.82. The van der Waals surface area contributed by atoms with Gasteiger partial charge in [-0.3, -0.25) is 9.59 Å². The average Bonchev–Trinajstić information content (AvgIpc) is 3.00. The van der Waals surface area contributed by atoms with E-state index in [9.17, 15) is 9.59 Å². The number of nitrogens with one attached hydrogen (secondary N) is 3. The Balaban J connectivity index is 1.42. The number of hydrogen-bond acceptors (Lipinski definition) is 12. The molecule has 5 aromatic rings. The number of carbonyl (C=O) groups is 2. The van der Waals surface area contributed by atoms with Crippen molar-refractivity contribution in [2.45, 2.75) is 35.5 Å². The van der Waals surface area contributed by atoms with Crippen LogP contribution in [0.5, 0.6) is 0 Å². The summed E-state index contributed by atoms with van der Waals surface area (Å²) in [4.78, 5) is 42.2. The highest BCUT2D eigenvalue weighted by molar-refractivity contribution is 7.80. The lowest BCUT2D eigenvalue weighted by molar-refractivity contribution is 0.0980. The normalized spacial score (nSPS) is 12.1. The van der Waals surface area contributed by atoms with Crippen molar-refractivity contribution in [3.63, 3.8) is 0 Å². The van der Waals surface area contributed by atoms with Gasteiger partial charge in [-0.2, -0.15) is 15.0 Å². The van der Waals surface area contributed by atoms with Crippen LogP contribution < -0.4 is 21.7 Å². The first-order valence-corrected chi connectivity index (χ1v) is 15.3. The van der Waals surface area contributed by atoms with Crippen molar-refractivity contribution in [3.05, 3.63) is 98.8 Å². The van der Waals surface area contributed by atoms with Crippen LogP contribution in [0.4, 0.5) is 40.3 Å². The summed E-state index contributed by atoms with van der Waals surface area (Å²) in [6.45, 7) is 5.75. The Kier molecular flexibility index (Phi) is 8.16. The predicted molar refractivity (Wildman–Crippen MR) is 188 cm³/mol. The highest BCUT2D eigenvalue weighted by Gasteiger charge is 2.34. The van der Waals surface area contributed by atoms with E-state index in [1.807, 2.05) is 45.0 Å². The Morgan fingerprint density at radius 3 is 1.96 bits per heavy atom. The molecule has 0 amide bonds. The third-order valence-electron chi connectivity index (χ3n) is 7.63. The van der Waals surface area contributed by atoms with Crippen LogP contribution >= 0.6 is 49.5 Å². The molecule has 5 N–H and O–H groups in total. The van der Waals surface area contributed by atoms with Gasteiger partial charge in [-0.1, -0.05) is 30.3 Å². The van der Waals surface area contributed by atoms with Crippen molar-refractivity contribution in [1.29, 1.82) is 0 Å². The molecule has 0 unspecified atom stereocenters. The van der Waals surface area contributed by atoms with Crippen molar-refractivity contribution in [3.8, 4) is 0 Å². The molecule has 0 bridgehead atoms. The number of fused-ring (bicyclic) bond motifs is 2. The number of nitrogens with zero attached hydrogens (tertiary/aromatic N) is 3. The van der Waals surface area contributed by atoms with E-state index >= 15 is 0 Å². The first kappa shape index (κ1) is 30.8. The largest absolute Gasteiger partial charge is 0.397 e. The number of rotatable bonds is 6. The van der Waals surface area contributed by atoms with Crippen LogP contribution in [0.2, 0.25) is 5.28 Å². The van der Waals surface area contributed by atoms with Crippen LogP contribution in [0.15, 0.2) is 69.3 Å². The van der Waals surface area contributed by atoms with Crippen LogP contribution in [-0.4, -0.2) is 26.5 Å². The maximum Gasteiger partial charge on any atom is 0.233 e. The van der Waals surface area contributed by atoms with Crippen LogP contribution in [0, 0.1) is 20.8 Å². The minimum Gasteiger partial charge on any atom is -0.397 e. The topological polar surface area (TPSA) is 135 Å². The van der Waals surface area contributed by atoms with E-state index in [-0.39, 0.29) is 45.6 Å². The summed E-state index contributed by atoms with van der Waals surface area (Å²) in [6, 6.07) is 15.8. The number of halogens is 1. The van der Waals surface area contributed by atoms with Gasteiger partial charge < -0.3 is 21.7 Å². The smallest absolute Gasteiger partial charge is 0.233 e. The molecule has 1 aliphatic carbocycles. The number of nitrogens with two attached hydrogens (primary N) is 1. The second-order valence-electron chi connectivity index (χ2n) is 10.5. The lowest BCUT2D eigenvalue weighted by Crippen LogP contribution is -2.24. The van der Waals surface area contributed by atoms with Gasteiger partial charge in [0.15, 0.2) is 11.6 Å². The number of benzene rings is 4. The number of anilines is 7. The molecule has 9 nitrogen and oxygen atoms in total. The fourth-order valence-electron chi connectivity index (χ4n) is 5.40. The van der Waals surface area contributed by atoms with Crippen LogP contribution in [0.1, 0.15) is 48.5 Å². The Morgan fingerprint density at radius 2 is 1.31 bits per heavy atom. The minimum absolute atomic E-state index is 0.0119. The molecule has 0 spiro atoms. The molecule has 0 fully saturated rings. The van der Waals surface area contributed by atoms with E-state index in [2.05, 4.69) is 56.2 Å². The Morgan fingerprint density at radius 1 is 0.711 bits per heavy atom. The van der Waals surface area contributed by atoms with E-state index < -0.39 is 0 Å². The standard InChI is InChI=1S/C32H26ClN7O2S3/c1-13-25(36-20-12-21(44)24(34)23-22(20)27(41)18-9-4-5-10-19(18)28(23)42)14(2)29(45)15(3)26(13)37-32-39-30(33)38-31(40-32)35-16-7-6-8-17(43)11-16/h4-12,36,43-45H,34H2,1-3H3,(H2,35,37,38,39,40). The number of thiol groups is 3. The Bertz CT molecular complexity index is 2090. The fourth-order valence-corrected chi connectivity index (χ4v) is 6.25. The van der Waals surface area contributed by atoms with E-state index in [0.29, 0.717) is 38.0 Å². The zero-order valence-corrected chi connectivity index (χ0v) is 27.6. The predicted octanol–water partition coefficient (Wildman–Crippen LogP) is 7.90. The number of hydrogen-bond donors (Lipinski definition) is 7. The monoisotopic (exact) mass is 671 g/mol. The number of carbonyl (C=O) groups excluding carboxylic acids is 2. The summed E-state index contributed by atoms with van der Waals surface area (Å²) in [5, 5.41) is 9.79. The molecule has 13 heteroatoms. The van der Waals surface area contributed by atoms with Gasteiger partial charge in [-0.05, 0) is 73.3 Å². The highest BCUT2D eigenvalue weighted by Crippen LogP contribution is 2.43. The third-order valence-corrected chi connectivity index (χ3v) is 9.12. The third kappa shape index (κ3) is 5.59. The fraction of sp³-hybridized carbons (Fsp3) is 0.0938. The molecule has 45 heavy (non-hydrogen) atoms. The number of aromatic nitrogens is 3. The van der Waals surface area contributed by atoms with Crippen molar-refractivity contribution in [2.24, 2.45) is 0 Å². The quantitative estimate of drug-likeness (QED) is 0.0696. The van der Waals surface area contributed by atoms with E-state index in [4.69, 9.17) is 30.0 Å². The van der Waals surface area contributed by atoms with E-state index in [0.717, 1.165) is 27.3 Å². The zero-order valence-electron chi connectivity index (χ0n) is 24.2. The first-order chi connectivity index (χ1) is 21.4. The van der Waals surface area contributed by atoms with Crippen LogP contribution in [0.25, 0.3) is 0 Å². The van der Waals surface area contributed by atoms with Gasteiger partial charge >= 0.3 is 0 Å². The van der Waals surface area contributed by atoms with E-state index in [1.54, 1.807) is 30.3 Å². The molecule has 226 valence electrons. The van der Waals surface area contributed by atoms with Gasteiger partial charge in [0, 0.05) is 42.9 Å². The SMILES string of the molecule is Cc1c(S)c(C)c(Nc2cc(S)c(N)c3c2C(=O)c2ccccc2C3=O)c(C)c1Nc1nc(Cl)nc(Nc2cccc(S)c2)n1. The van der Waals surface area contributed by atoms with Crippen molar-refractivity contribution in [2.75, 3.05) is 21.7 Å². The number of ketones is 2. The Hall–Kier alpha value is -4.23. The molecule has 6 rings (SSSR count). The number of nitrogen functional groups attached to an aromatic ring is 1. The van der Waals surface area contributed by atoms with E-state index in [1.165, 1.54) is 0 Å². The molecule has 1 heterocycles. The molecule has 0 aliphatic heterocycles. The molecule has 0 saturated carbocycles. The molecule has 4 aromatic carbocycles. The van der Waals surface area contributed by atoms with Crippen molar-refractivity contribution < 1.29 is 9.59 Å². The van der Waals surface area contributed by atoms with Crippen molar-refractivity contribution in [1.82, 2.24) is 15.0 Å². The maximum atomic E-state index is 13.8. The molecule has 0 atom stereocenters. The van der Waals surface area contributed by atoms with Crippen LogP contribution in [0.3, 0.4) is 0 Å². The van der Waals surface area contributed by atoms with Crippen molar-refractivity contribution >= 4 is 101 Å². The summed E-state index contributed by atoms with van der Waals surface area (Å²) >= 11 is 20.0. The lowest BCUT2D eigenvalue weighted by Gasteiger charge is -2.26. The molecular weight excluding hydrogens is 646 g/mol. The molecule has 1 aromatic heterocycles. The second-order valence-corrected chi connectivity index (χ2v) is 12.2. The summed E-state index contributed by atoms with van der Waals surface area (Å²) < 4.78 is 0. The summed E-state index contributed by atoms with van der Waals surface area (Å²) in [6.07, 6.45) is 0. The molecule has 1 aliphatic rings. The average molecular weight is 672 g/mol.